The molecule has 2 aromatic rings. The summed E-state index contributed by atoms with van der Waals surface area (Å²) in [6, 6.07) is 7.35. The van der Waals surface area contributed by atoms with Crippen molar-refractivity contribution in [3.63, 3.8) is 0 Å². The van der Waals surface area contributed by atoms with Gasteiger partial charge in [0.1, 0.15) is 11.6 Å². The lowest BCUT2D eigenvalue weighted by atomic mass is 10.1. The van der Waals surface area contributed by atoms with Crippen LogP contribution in [0, 0.1) is 11.6 Å². The fourth-order valence-electron chi connectivity index (χ4n) is 2.21. The molecular weight excluding hydrogens is 357 g/mol. The Bertz CT molecular complexity index is 755. The number of nitrogens with one attached hydrogen (secondary N) is 2. The number of carbonyl (C=O) groups is 1. The van der Waals surface area contributed by atoms with Crippen molar-refractivity contribution >= 4 is 34.8 Å². The molecule has 2 N–H and O–H groups in total. The van der Waals surface area contributed by atoms with E-state index in [2.05, 4.69) is 10.6 Å². The Morgan fingerprint density at radius 2 is 1.71 bits per heavy atom. The number of hydrogen-bond acceptors (Lipinski definition) is 2. The third-order valence-corrected chi connectivity index (χ3v) is 4.15. The minimum atomic E-state index is -0.658. The Morgan fingerprint density at radius 1 is 1.04 bits per heavy atom. The third-order valence-electron chi connectivity index (χ3n) is 3.53. The van der Waals surface area contributed by atoms with E-state index in [-0.39, 0.29) is 10.7 Å². The van der Waals surface area contributed by atoms with Crippen molar-refractivity contribution in [1.82, 2.24) is 5.32 Å². The average Bonchev–Trinajstić information content (AvgIpc) is 2.52. The van der Waals surface area contributed by atoms with Gasteiger partial charge in [0, 0.05) is 11.1 Å². The van der Waals surface area contributed by atoms with Crippen LogP contribution in [0.15, 0.2) is 36.4 Å². The van der Waals surface area contributed by atoms with Gasteiger partial charge < -0.3 is 5.32 Å². The first-order valence-corrected chi connectivity index (χ1v) is 8.01. The number of rotatable bonds is 5. The van der Waals surface area contributed by atoms with Crippen LogP contribution in [0.1, 0.15) is 25.5 Å². The Kier molecular flexibility index (Phi) is 6.15. The van der Waals surface area contributed by atoms with Gasteiger partial charge in [-0.05, 0) is 43.7 Å². The van der Waals surface area contributed by atoms with Crippen molar-refractivity contribution in [2.24, 2.45) is 0 Å². The van der Waals surface area contributed by atoms with Gasteiger partial charge in [-0.3, -0.25) is 10.1 Å². The zero-order valence-corrected chi connectivity index (χ0v) is 14.6. The molecule has 0 spiro atoms. The van der Waals surface area contributed by atoms with Crippen molar-refractivity contribution in [3.8, 4) is 0 Å². The van der Waals surface area contributed by atoms with Crippen molar-refractivity contribution in [1.29, 1.82) is 0 Å². The quantitative estimate of drug-likeness (QED) is 0.729. The van der Waals surface area contributed by atoms with Gasteiger partial charge in [-0.1, -0.05) is 35.3 Å². The molecule has 0 bridgehead atoms. The molecule has 0 saturated heterocycles. The molecule has 3 nitrogen and oxygen atoms in total. The predicted molar refractivity (Wildman–Crippen MR) is 92.5 cm³/mol. The second kappa shape index (κ2) is 7.92. The van der Waals surface area contributed by atoms with Gasteiger partial charge in [0.25, 0.3) is 0 Å². The molecular formula is C17H16Cl2F2N2O. The molecule has 7 heteroatoms. The van der Waals surface area contributed by atoms with E-state index in [1.165, 1.54) is 30.3 Å². The largest absolute Gasteiger partial charge is 0.322 e. The zero-order chi connectivity index (χ0) is 17.9. The van der Waals surface area contributed by atoms with Crippen LogP contribution in [0.25, 0.3) is 0 Å². The Balaban J connectivity index is 2.06. The average molecular weight is 373 g/mol. The molecule has 0 radical (unpaired) electrons. The zero-order valence-electron chi connectivity index (χ0n) is 13.0. The fourth-order valence-corrected chi connectivity index (χ4v) is 2.76. The number of halogens is 4. The Morgan fingerprint density at radius 3 is 2.38 bits per heavy atom. The topological polar surface area (TPSA) is 41.1 Å². The summed E-state index contributed by atoms with van der Waals surface area (Å²) in [6.45, 7) is 3.36. The molecule has 128 valence electrons. The summed E-state index contributed by atoms with van der Waals surface area (Å²) < 4.78 is 27.2. The third kappa shape index (κ3) is 4.44. The second-order valence-corrected chi connectivity index (χ2v) is 6.18. The van der Waals surface area contributed by atoms with Crippen LogP contribution in [0.3, 0.4) is 0 Å². The highest BCUT2D eigenvalue weighted by molar-refractivity contribution is 6.35. The van der Waals surface area contributed by atoms with Gasteiger partial charge in [-0.2, -0.15) is 0 Å². The van der Waals surface area contributed by atoms with Gasteiger partial charge in [0.05, 0.1) is 16.8 Å². The summed E-state index contributed by atoms with van der Waals surface area (Å²) in [5.74, 6) is -1.53. The molecule has 0 heterocycles. The van der Waals surface area contributed by atoms with Crippen molar-refractivity contribution in [2.45, 2.75) is 25.9 Å². The van der Waals surface area contributed by atoms with Crippen molar-refractivity contribution < 1.29 is 13.6 Å². The summed E-state index contributed by atoms with van der Waals surface area (Å²) in [6.07, 6.45) is 0. The van der Waals surface area contributed by atoms with Gasteiger partial charge in [0.2, 0.25) is 5.91 Å². The predicted octanol–water partition coefficient (Wildman–Crippen LogP) is 4.95. The van der Waals surface area contributed by atoms with Gasteiger partial charge in [-0.25, -0.2) is 8.78 Å². The number of hydrogen-bond donors (Lipinski definition) is 2. The van der Waals surface area contributed by atoms with Crippen LogP contribution in [-0.4, -0.2) is 11.9 Å². The highest BCUT2D eigenvalue weighted by Gasteiger charge is 2.20. The molecule has 0 fully saturated rings. The maximum absolute atomic E-state index is 13.6. The maximum Gasteiger partial charge on any atom is 0.241 e. The first-order valence-electron chi connectivity index (χ1n) is 7.25. The van der Waals surface area contributed by atoms with E-state index in [4.69, 9.17) is 23.2 Å². The van der Waals surface area contributed by atoms with E-state index in [0.717, 1.165) is 0 Å². The molecule has 1 amide bonds. The summed E-state index contributed by atoms with van der Waals surface area (Å²) in [5.41, 5.74) is 0.573. The van der Waals surface area contributed by atoms with E-state index in [9.17, 15) is 13.6 Å². The lowest BCUT2D eigenvalue weighted by Crippen LogP contribution is -2.39. The first-order chi connectivity index (χ1) is 11.3. The molecule has 0 saturated carbocycles. The smallest absolute Gasteiger partial charge is 0.241 e. The molecule has 0 aliphatic carbocycles. The Labute approximate surface area is 149 Å². The molecule has 2 rings (SSSR count). The second-order valence-electron chi connectivity index (χ2n) is 5.37. The molecule has 0 unspecified atom stereocenters. The van der Waals surface area contributed by atoms with E-state index < -0.39 is 29.6 Å². The summed E-state index contributed by atoms with van der Waals surface area (Å²) in [7, 11) is 0. The molecule has 24 heavy (non-hydrogen) atoms. The lowest BCUT2D eigenvalue weighted by Gasteiger charge is -2.21. The van der Waals surface area contributed by atoms with E-state index in [1.54, 1.807) is 19.9 Å². The minimum absolute atomic E-state index is 0.0682. The maximum atomic E-state index is 13.6. The lowest BCUT2D eigenvalue weighted by molar-refractivity contribution is -0.118. The number of benzene rings is 2. The van der Waals surface area contributed by atoms with E-state index >= 15 is 0 Å². The molecule has 0 aliphatic rings. The highest BCUT2D eigenvalue weighted by atomic mass is 35.5. The number of amides is 1. The standard InChI is InChI=1S/C17H16Cl2F2N2O/c1-9(11-7-15(21)13(19)8-12(11)18)22-10(2)17(24)23-16-6-4-3-5-14(16)20/h3-10,22H,1-2H3,(H,23,24)/t9-,10+/m1/s1. The summed E-state index contributed by atoms with van der Waals surface area (Å²) in [4.78, 5) is 12.2. The molecule has 0 aliphatic heterocycles. The van der Waals surface area contributed by atoms with Gasteiger partial charge in [0.15, 0.2) is 0 Å². The number of anilines is 1. The van der Waals surface area contributed by atoms with E-state index in [1.807, 2.05) is 0 Å². The normalized spacial score (nSPS) is 13.4. The van der Waals surface area contributed by atoms with Crippen LogP contribution >= 0.6 is 23.2 Å². The monoisotopic (exact) mass is 372 g/mol. The molecule has 0 aromatic heterocycles. The number of para-hydroxylation sites is 1. The van der Waals surface area contributed by atoms with Gasteiger partial charge in [-0.15, -0.1) is 0 Å². The van der Waals surface area contributed by atoms with Crippen LogP contribution in [0.5, 0.6) is 0 Å². The van der Waals surface area contributed by atoms with Crippen LogP contribution < -0.4 is 10.6 Å². The van der Waals surface area contributed by atoms with E-state index in [0.29, 0.717) is 10.6 Å². The van der Waals surface area contributed by atoms with Crippen LogP contribution in [-0.2, 0) is 4.79 Å². The fraction of sp³-hybridized carbons (Fsp3) is 0.235. The van der Waals surface area contributed by atoms with Crippen molar-refractivity contribution in [2.75, 3.05) is 5.32 Å². The highest BCUT2D eigenvalue weighted by Crippen LogP contribution is 2.28. The molecule has 2 atom stereocenters. The first kappa shape index (κ1) is 18.6. The number of carbonyl (C=O) groups excluding carboxylic acids is 1. The summed E-state index contributed by atoms with van der Waals surface area (Å²) in [5, 5.41) is 5.72. The SMILES string of the molecule is C[C@H](N[C@H](C)c1cc(F)c(Cl)cc1Cl)C(=O)Nc1ccccc1F. The van der Waals surface area contributed by atoms with Gasteiger partial charge >= 0.3 is 0 Å². The van der Waals surface area contributed by atoms with Crippen LogP contribution in [0.2, 0.25) is 10.0 Å². The molecule has 2 aromatic carbocycles. The van der Waals surface area contributed by atoms with Crippen LogP contribution in [0.4, 0.5) is 14.5 Å². The minimum Gasteiger partial charge on any atom is -0.322 e. The Hall–Kier alpha value is -1.69. The summed E-state index contributed by atoms with van der Waals surface area (Å²) >= 11 is 11.7. The van der Waals surface area contributed by atoms with Crippen molar-refractivity contribution in [3.05, 3.63) is 63.6 Å².